The molecule has 1 N–H and O–H groups in total. The van der Waals surface area contributed by atoms with Crippen LogP contribution in [0, 0.1) is 6.92 Å². The Balaban J connectivity index is 1.96. The summed E-state index contributed by atoms with van der Waals surface area (Å²) in [4.78, 5) is 30.3. The van der Waals surface area contributed by atoms with Gasteiger partial charge in [-0.15, -0.1) is 0 Å². The average molecular weight is 497 g/mol. The number of Topliss-reactive ketones (excluding diaryl/α,β-unsaturated/α-hetero) is 1. The largest absolute Gasteiger partial charge is 0.493 e. The molecule has 6 nitrogen and oxygen atoms in total. The first-order chi connectivity index (χ1) is 17.6. The summed E-state index contributed by atoms with van der Waals surface area (Å²) in [7, 11) is 0. The maximum absolute atomic E-state index is 13.2. The van der Waals surface area contributed by atoms with Crippen LogP contribution in [0.15, 0.2) is 48.7 Å². The van der Waals surface area contributed by atoms with E-state index in [9.17, 15) is 9.59 Å². The topological polar surface area (TPSA) is 77.5 Å². The van der Waals surface area contributed by atoms with E-state index in [0.29, 0.717) is 12.3 Å². The van der Waals surface area contributed by atoms with E-state index in [1.165, 1.54) is 12.5 Å². The van der Waals surface area contributed by atoms with E-state index in [1.54, 1.807) is 6.92 Å². The highest BCUT2D eigenvalue weighted by Gasteiger charge is 2.32. The lowest BCUT2D eigenvalue weighted by Crippen LogP contribution is -2.27. The third kappa shape index (κ3) is 4.46. The number of amides is 1. The lowest BCUT2D eigenvalue weighted by Gasteiger charge is -2.31. The van der Waals surface area contributed by atoms with Gasteiger partial charge >= 0.3 is 0 Å². The van der Waals surface area contributed by atoms with Crippen LogP contribution >= 0.6 is 0 Å². The van der Waals surface area contributed by atoms with Crippen molar-refractivity contribution in [3.8, 4) is 16.9 Å². The predicted molar refractivity (Wildman–Crippen MR) is 147 cm³/mol. The van der Waals surface area contributed by atoms with Gasteiger partial charge in [0.15, 0.2) is 5.78 Å². The van der Waals surface area contributed by atoms with Crippen LogP contribution < -0.4 is 10.1 Å². The molecule has 1 unspecified atom stereocenters. The number of carbonyl (C=O) groups excluding carboxylic acids is 2. The Labute approximate surface area is 217 Å². The van der Waals surface area contributed by atoms with Crippen molar-refractivity contribution in [2.75, 3.05) is 11.9 Å². The molecule has 1 atom stereocenters. The SMILES string of the molecule is CC(=O)Nc1c(C)c(C(OC(C)(C)C)C(C)=O)c(-c2ccc3c4c(ccnc24)CCO3)c2ccccc12. The summed E-state index contributed by atoms with van der Waals surface area (Å²) in [6.07, 6.45) is 1.81. The first-order valence-corrected chi connectivity index (χ1v) is 12.6. The fourth-order valence-corrected chi connectivity index (χ4v) is 5.35. The van der Waals surface area contributed by atoms with E-state index < -0.39 is 11.7 Å². The Morgan fingerprint density at radius 1 is 1.05 bits per heavy atom. The second kappa shape index (κ2) is 9.27. The Hall–Kier alpha value is -3.77. The first-order valence-electron chi connectivity index (χ1n) is 12.6. The molecule has 0 radical (unpaired) electrons. The minimum Gasteiger partial charge on any atom is -0.493 e. The molecule has 2 heterocycles. The highest BCUT2D eigenvalue weighted by Crippen LogP contribution is 2.47. The van der Waals surface area contributed by atoms with Gasteiger partial charge in [0.05, 0.1) is 23.4 Å². The molecule has 37 heavy (non-hydrogen) atoms. The number of fused-ring (bicyclic) bond motifs is 1. The lowest BCUT2D eigenvalue weighted by molar-refractivity contribution is -0.138. The van der Waals surface area contributed by atoms with E-state index in [0.717, 1.165) is 56.1 Å². The van der Waals surface area contributed by atoms with Crippen molar-refractivity contribution >= 4 is 39.1 Å². The molecule has 3 aromatic carbocycles. The van der Waals surface area contributed by atoms with E-state index in [-0.39, 0.29) is 11.7 Å². The van der Waals surface area contributed by atoms with Crippen molar-refractivity contribution in [3.05, 3.63) is 65.4 Å². The molecule has 0 spiro atoms. The van der Waals surface area contributed by atoms with E-state index in [1.807, 2.05) is 76.4 Å². The van der Waals surface area contributed by atoms with Gasteiger partial charge in [-0.3, -0.25) is 14.6 Å². The van der Waals surface area contributed by atoms with Crippen molar-refractivity contribution in [1.82, 2.24) is 4.98 Å². The number of anilines is 1. The number of hydrogen-bond acceptors (Lipinski definition) is 5. The Morgan fingerprint density at radius 2 is 1.78 bits per heavy atom. The molecular weight excluding hydrogens is 464 g/mol. The summed E-state index contributed by atoms with van der Waals surface area (Å²) in [5.41, 5.74) is 5.45. The third-order valence-corrected chi connectivity index (χ3v) is 6.76. The zero-order chi connectivity index (χ0) is 26.5. The number of carbonyl (C=O) groups is 2. The van der Waals surface area contributed by atoms with E-state index in [2.05, 4.69) is 5.32 Å². The zero-order valence-corrected chi connectivity index (χ0v) is 22.2. The zero-order valence-electron chi connectivity index (χ0n) is 22.2. The molecule has 1 aromatic heterocycles. The minimum atomic E-state index is -0.839. The minimum absolute atomic E-state index is 0.109. The van der Waals surface area contributed by atoms with Gasteiger partial charge in [-0.2, -0.15) is 0 Å². The molecule has 1 amide bonds. The third-order valence-electron chi connectivity index (χ3n) is 6.76. The van der Waals surface area contributed by atoms with Gasteiger partial charge in [-0.05, 0) is 74.9 Å². The molecule has 0 aliphatic carbocycles. The van der Waals surface area contributed by atoms with Crippen LogP contribution in [-0.4, -0.2) is 28.9 Å². The van der Waals surface area contributed by atoms with Gasteiger partial charge in [0.1, 0.15) is 11.9 Å². The summed E-state index contributed by atoms with van der Waals surface area (Å²) >= 11 is 0. The van der Waals surface area contributed by atoms with Crippen LogP contribution in [0.1, 0.15) is 57.4 Å². The molecular formula is C31H32N2O4. The van der Waals surface area contributed by atoms with Gasteiger partial charge in [0, 0.05) is 41.4 Å². The molecule has 0 saturated heterocycles. The van der Waals surface area contributed by atoms with Crippen LogP contribution in [0.3, 0.4) is 0 Å². The number of nitrogens with zero attached hydrogens (tertiary/aromatic N) is 1. The molecule has 0 fully saturated rings. The smallest absolute Gasteiger partial charge is 0.221 e. The Kier molecular flexibility index (Phi) is 6.24. The van der Waals surface area contributed by atoms with Crippen molar-refractivity contribution < 1.29 is 19.1 Å². The highest BCUT2D eigenvalue weighted by molar-refractivity contribution is 6.14. The highest BCUT2D eigenvalue weighted by atomic mass is 16.5. The number of aromatic nitrogens is 1. The Bertz CT molecular complexity index is 1560. The maximum Gasteiger partial charge on any atom is 0.221 e. The van der Waals surface area contributed by atoms with E-state index >= 15 is 0 Å². The second-order valence-corrected chi connectivity index (χ2v) is 10.6. The van der Waals surface area contributed by atoms with Crippen LogP contribution in [0.2, 0.25) is 0 Å². The Morgan fingerprint density at radius 3 is 2.46 bits per heavy atom. The molecule has 1 aliphatic rings. The average Bonchev–Trinajstić information content (AvgIpc) is 2.84. The van der Waals surface area contributed by atoms with Gasteiger partial charge in [-0.1, -0.05) is 24.3 Å². The summed E-state index contributed by atoms with van der Waals surface area (Å²) < 4.78 is 12.4. The van der Waals surface area contributed by atoms with Crippen molar-refractivity contribution in [1.29, 1.82) is 0 Å². The first kappa shape index (κ1) is 24.9. The quantitative estimate of drug-likeness (QED) is 0.333. The number of nitrogens with one attached hydrogen (secondary N) is 1. The van der Waals surface area contributed by atoms with Gasteiger partial charge in [-0.25, -0.2) is 0 Å². The van der Waals surface area contributed by atoms with Crippen LogP contribution in [0.5, 0.6) is 5.75 Å². The van der Waals surface area contributed by atoms with Gasteiger partial charge in [0.2, 0.25) is 5.91 Å². The standard InChI is InChI=1S/C31H32N2O4/c1-17-25(30(18(2)34)37-31(4,5)6)27(21-9-7-8-10-22(21)28(17)33-19(3)35)23-11-12-24-26-20(14-16-36-24)13-15-32-29(23)26/h7-13,15,30H,14,16H2,1-6H3,(H,33,35). The number of pyridine rings is 1. The second-order valence-electron chi connectivity index (χ2n) is 10.6. The fourth-order valence-electron chi connectivity index (χ4n) is 5.35. The normalized spacial score (nSPS) is 13.9. The number of rotatable bonds is 5. The number of hydrogen-bond donors (Lipinski definition) is 1. The monoisotopic (exact) mass is 496 g/mol. The summed E-state index contributed by atoms with van der Waals surface area (Å²) in [6.45, 7) is 11.4. The molecule has 4 aromatic rings. The number of ketones is 1. The van der Waals surface area contributed by atoms with E-state index in [4.69, 9.17) is 14.5 Å². The van der Waals surface area contributed by atoms with Crippen LogP contribution in [-0.2, 0) is 20.7 Å². The molecule has 190 valence electrons. The molecule has 0 bridgehead atoms. The fraction of sp³-hybridized carbons (Fsp3) is 0.323. The maximum atomic E-state index is 13.2. The molecule has 1 aliphatic heterocycles. The van der Waals surface area contributed by atoms with Crippen molar-refractivity contribution in [2.45, 2.75) is 59.7 Å². The molecule has 6 heteroatoms. The number of benzene rings is 3. The molecule has 0 saturated carbocycles. The van der Waals surface area contributed by atoms with Gasteiger partial charge < -0.3 is 14.8 Å². The van der Waals surface area contributed by atoms with Crippen LogP contribution in [0.25, 0.3) is 32.8 Å². The van der Waals surface area contributed by atoms with Crippen LogP contribution in [0.4, 0.5) is 5.69 Å². The number of ether oxygens (including phenoxy) is 2. The molecule has 5 rings (SSSR count). The van der Waals surface area contributed by atoms with Gasteiger partial charge in [0.25, 0.3) is 0 Å². The summed E-state index contributed by atoms with van der Waals surface area (Å²) in [5.74, 6) is 0.533. The summed E-state index contributed by atoms with van der Waals surface area (Å²) in [5, 5.41) is 5.83. The predicted octanol–water partition coefficient (Wildman–Crippen LogP) is 6.70. The van der Waals surface area contributed by atoms with Crippen molar-refractivity contribution in [3.63, 3.8) is 0 Å². The lowest BCUT2D eigenvalue weighted by atomic mass is 9.83. The van der Waals surface area contributed by atoms with Crippen molar-refractivity contribution in [2.24, 2.45) is 0 Å². The summed E-state index contributed by atoms with van der Waals surface area (Å²) in [6, 6.07) is 14.0.